The predicted octanol–water partition coefficient (Wildman–Crippen LogP) is -1.14. The molecule has 6 heteroatoms. The predicted molar refractivity (Wildman–Crippen MR) is 59.9 cm³/mol. The second-order valence-electron chi connectivity index (χ2n) is 4.51. The number of nitrogens with one attached hydrogen (secondary N) is 2. The average molecular weight is 239 g/mol. The molecule has 2 saturated heterocycles. The standard InChI is InChI=1S/C11H17N3O3/c1-12-10(16)8-3-2-4-14(8)11(17)7-5-9(15)13-6-7/h7-8H,2-6H2,1H3,(H,12,16)(H,13,15). The lowest BCUT2D eigenvalue weighted by Crippen LogP contribution is -2.47. The number of likely N-dealkylation sites (N-methyl/N-ethyl adjacent to an activating group) is 1. The Morgan fingerprint density at radius 1 is 1.47 bits per heavy atom. The maximum Gasteiger partial charge on any atom is 0.242 e. The second kappa shape index (κ2) is 4.73. The highest BCUT2D eigenvalue weighted by atomic mass is 16.2. The molecule has 2 unspecified atom stereocenters. The van der Waals surface area contributed by atoms with Crippen molar-refractivity contribution in [1.29, 1.82) is 0 Å². The number of carbonyl (C=O) groups is 3. The topological polar surface area (TPSA) is 78.5 Å². The highest BCUT2D eigenvalue weighted by Gasteiger charge is 2.38. The van der Waals surface area contributed by atoms with Crippen molar-refractivity contribution in [2.75, 3.05) is 20.1 Å². The number of rotatable bonds is 2. The van der Waals surface area contributed by atoms with Gasteiger partial charge in [-0.15, -0.1) is 0 Å². The normalized spacial score (nSPS) is 28.1. The summed E-state index contributed by atoms with van der Waals surface area (Å²) in [5.74, 6) is -0.575. The molecule has 0 bridgehead atoms. The van der Waals surface area contributed by atoms with Gasteiger partial charge in [0.25, 0.3) is 0 Å². The van der Waals surface area contributed by atoms with E-state index in [4.69, 9.17) is 0 Å². The molecule has 2 rings (SSSR count). The molecule has 0 aliphatic carbocycles. The Bertz CT molecular complexity index is 356. The minimum atomic E-state index is -0.358. The van der Waals surface area contributed by atoms with Crippen LogP contribution < -0.4 is 10.6 Å². The Balaban J connectivity index is 2.03. The second-order valence-corrected chi connectivity index (χ2v) is 4.51. The lowest BCUT2D eigenvalue weighted by molar-refractivity contribution is -0.141. The first-order valence-electron chi connectivity index (χ1n) is 5.92. The fourth-order valence-electron chi connectivity index (χ4n) is 2.48. The molecule has 0 saturated carbocycles. The van der Waals surface area contributed by atoms with Gasteiger partial charge in [0.05, 0.1) is 5.92 Å². The molecule has 0 aromatic rings. The van der Waals surface area contributed by atoms with Gasteiger partial charge in [0.15, 0.2) is 0 Å². The number of amides is 3. The lowest BCUT2D eigenvalue weighted by atomic mass is 10.1. The number of likely N-dealkylation sites (tertiary alicyclic amines) is 1. The van der Waals surface area contributed by atoms with Crippen LogP contribution in [0.25, 0.3) is 0 Å². The van der Waals surface area contributed by atoms with E-state index in [0.717, 1.165) is 6.42 Å². The molecule has 0 radical (unpaired) electrons. The van der Waals surface area contributed by atoms with Gasteiger partial charge in [-0.05, 0) is 12.8 Å². The summed E-state index contributed by atoms with van der Waals surface area (Å²) in [6.45, 7) is 1.01. The van der Waals surface area contributed by atoms with Crippen LogP contribution in [0.2, 0.25) is 0 Å². The first-order valence-corrected chi connectivity index (χ1v) is 5.92. The van der Waals surface area contributed by atoms with Crippen LogP contribution in [0.5, 0.6) is 0 Å². The Kier molecular flexibility index (Phi) is 3.31. The van der Waals surface area contributed by atoms with E-state index >= 15 is 0 Å². The van der Waals surface area contributed by atoms with Gasteiger partial charge >= 0.3 is 0 Å². The van der Waals surface area contributed by atoms with Gasteiger partial charge in [0.2, 0.25) is 17.7 Å². The molecule has 2 heterocycles. The number of hydrogen-bond acceptors (Lipinski definition) is 3. The molecule has 2 fully saturated rings. The molecule has 2 aliphatic rings. The van der Waals surface area contributed by atoms with Crippen molar-refractivity contribution in [3.63, 3.8) is 0 Å². The van der Waals surface area contributed by atoms with Crippen LogP contribution in [0.3, 0.4) is 0 Å². The lowest BCUT2D eigenvalue weighted by Gasteiger charge is -2.25. The van der Waals surface area contributed by atoms with Crippen molar-refractivity contribution in [2.45, 2.75) is 25.3 Å². The largest absolute Gasteiger partial charge is 0.357 e. The van der Waals surface area contributed by atoms with E-state index in [9.17, 15) is 14.4 Å². The van der Waals surface area contributed by atoms with E-state index in [1.165, 1.54) is 0 Å². The van der Waals surface area contributed by atoms with Gasteiger partial charge in [-0.2, -0.15) is 0 Å². The molecule has 0 aromatic heterocycles. The van der Waals surface area contributed by atoms with Crippen molar-refractivity contribution in [2.24, 2.45) is 5.92 Å². The zero-order valence-electron chi connectivity index (χ0n) is 9.86. The summed E-state index contributed by atoms with van der Waals surface area (Å²) in [6.07, 6.45) is 1.80. The third kappa shape index (κ3) is 2.25. The van der Waals surface area contributed by atoms with E-state index < -0.39 is 0 Å². The molecule has 0 aromatic carbocycles. The van der Waals surface area contributed by atoms with Crippen LogP contribution in [-0.2, 0) is 14.4 Å². The SMILES string of the molecule is CNC(=O)C1CCCN1C(=O)C1CNC(=O)C1. The highest BCUT2D eigenvalue weighted by Crippen LogP contribution is 2.22. The zero-order valence-corrected chi connectivity index (χ0v) is 9.86. The fourth-order valence-corrected chi connectivity index (χ4v) is 2.48. The van der Waals surface area contributed by atoms with Crippen LogP contribution in [0.15, 0.2) is 0 Å². The van der Waals surface area contributed by atoms with Gasteiger partial charge < -0.3 is 15.5 Å². The van der Waals surface area contributed by atoms with E-state index in [-0.39, 0.29) is 36.1 Å². The highest BCUT2D eigenvalue weighted by molar-refractivity contribution is 5.92. The van der Waals surface area contributed by atoms with E-state index in [0.29, 0.717) is 19.5 Å². The smallest absolute Gasteiger partial charge is 0.242 e. The Morgan fingerprint density at radius 2 is 2.24 bits per heavy atom. The summed E-state index contributed by atoms with van der Waals surface area (Å²) in [7, 11) is 1.57. The molecule has 6 nitrogen and oxygen atoms in total. The van der Waals surface area contributed by atoms with Crippen molar-refractivity contribution in [3.05, 3.63) is 0 Å². The quantitative estimate of drug-likeness (QED) is 0.639. The maximum absolute atomic E-state index is 12.2. The molecular weight excluding hydrogens is 222 g/mol. The first-order chi connectivity index (χ1) is 8.13. The molecular formula is C11H17N3O3. The number of carbonyl (C=O) groups excluding carboxylic acids is 3. The van der Waals surface area contributed by atoms with Crippen LogP contribution in [0, 0.1) is 5.92 Å². The van der Waals surface area contributed by atoms with E-state index in [1.807, 2.05) is 0 Å². The summed E-state index contributed by atoms with van der Waals surface area (Å²) >= 11 is 0. The third-order valence-corrected chi connectivity index (χ3v) is 3.41. The Morgan fingerprint density at radius 3 is 2.82 bits per heavy atom. The molecule has 0 spiro atoms. The molecule has 3 amide bonds. The summed E-state index contributed by atoms with van der Waals surface area (Å²) < 4.78 is 0. The van der Waals surface area contributed by atoms with E-state index in [1.54, 1.807) is 11.9 Å². The zero-order chi connectivity index (χ0) is 12.4. The molecule has 94 valence electrons. The number of nitrogens with zero attached hydrogens (tertiary/aromatic N) is 1. The minimum Gasteiger partial charge on any atom is -0.357 e. The van der Waals surface area contributed by atoms with Gasteiger partial charge in [-0.25, -0.2) is 0 Å². The Hall–Kier alpha value is -1.59. The summed E-state index contributed by atoms with van der Waals surface area (Å²) in [5, 5.41) is 5.22. The molecule has 17 heavy (non-hydrogen) atoms. The van der Waals surface area contributed by atoms with Gasteiger partial charge in [0, 0.05) is 26.6 Å². The Labute approximate surface area is 99.7 Å². The van der Waals surface area contributed by atoms with Crippen LogP contribution in [0.1, 0.15) is 19.3 Å². The van der Waals surface area contributed by atoms with Crippen molar-refractivity contribution in [3.8, 4) is 0 Å². The van der Waals surface area contributed by atoms with Crippen LogP contribution in [0.4, 0.5) is 0 Å². The van der Waals surface area contributed by atoms with E-state index in [2.05, 4.69) is 10.6 Å². The van der Waals surface area contributed by atoms with Gasteiger partial charge in [0.1, 0.15) is 6.04 Å². The molecule has 2 N–H and O–H groups in total. The molecule has 2 aliphatic heterocycles. The van der Waals surface area contributed by atoms with Crippen molar-refractivity contribution in [1.82, 2.24) is 15.5 Å². The van der Waals surface area contributed by atoms with Gasteiger partial charge in [-0.3, -0.25) is 14.4 Å². The minimum absolute atomic E-state index is 0.0746. The maximum atomic E-state index is 12.2. The van der Waals surface area contributed by atoms with Crippen molar-refractivity contribution < 1.29 is 14.4 Å². The fraction of sp³-hybridized carbons (Fsp3) is 0.727. The molecule has 2 atom stereocenters. The van der Waals surface area contributed by atoms with Crippen molar-refractivity contribution >= 4 is 17.7 Å². The van der Waals surface area contributed by atoms with Crippen LogP contribution >= 0.6 is 0 Å². The van der Waals surface area contributed by atoms with Gasteiger partial charge in [-0.1, -0.05) is 0 Å². The first kappa shape index (κ1) is 11.9. The summed E-state index contributed by atoms with van der Waals surface area (Å²) in [4.78, 5) is 36.5. The third-order valence-electron chi connectivity index (χ3n) is 3.41. The average Bonchev–Trinajstić information content (AvgIpc) is 2.95. The number of hydrogen-bond donors (Lipinski definition) is 2. The summed E-state index contributed by atoms with van der Waals surface area (Å²) in [6, 6.07) is -0.358. The monoisotopic (exact) mass is 239 g/mol. The van der Waals surface area contributed by atoms with Crippen LogP contribution in [-0.4, -0.2) is 48.8 Å². The summed E-state index contributed by atoms with van der Waals surface area (Å²) in [5.41, 5.74) is 0.